The zero-order chi connectivity index (χ0) is 14.7. The number of sulfone groups is 1. The molecule has 0 saturated carbocycles. The maximum Gasteiger partial charge on any atom is 0.175 e. The second-order valence-electron chi connectivity index (χ2n) is 5.18. The van der Waals surface area contributed by atoms with Crippen molar-refractivity contribution in [3.8, 4) is 0 Å². The quantitative estimate of drug-likeness (QED) is 0.753. The van der Waals surface area contributed by atoms with Crippen molar-refractivity contribution in [1.82, 2.24) is 0 Å². The normalized spacial score (nSPS) is 12.4. The van der Waals surface area contributed by atoms with Gasteiger partial charge < -0.3 is 4.74 Å². The summed E-state index contributed by atoms with van der Waals surface area (Å²) in [5.74, 6) is -0.00910. The fourth-order valence-electron chi connectivity index (χ4n) is 1.55. The first-order valence-electron chi connectivity index (χ1n) is 6.04. The highest BCUT2D eigenvalue weighted by atomic mass is 32.2. The smallest absolute Gasteiger partial charge is 0.175 e. The maximum atomic E-state index is 12.0. The Morgan fingerprint density at radius 1 is 1.21 bits per heavy atom. The summed E-state index contributed by atoms with van der Waals surface area (Å²) in [4.78, 5) is 12.2. The monoisotopic (exact) mass is 284 g/mol. The van der Waals surface area contributed by atoms with Crippen LogP contribution < -0.4 is 0 Å². The van der Waals surface area contributed by atoms with Crippen molar-refractivity contribution in [3.63, 3.8) is 0 Å². The van der Waals surface area contributed by atoms with Crippen molar-refractivity contribution in [2.24, 2.45) is 0 Å². The maximum absolute atomic E-state index is 12.0. The van der Waals surface area contributed by atoms with Gasteiger partial charge >= 0.3 is 0 Å². The number of hydrogen-bond acceptors (Lipinski definition) is 4. The first kappa shape index (κ1) is 15.9. The third-order valence-corrected chi connectivity index (χ3v) is 4.24. The molecule has 1 rings (SSSR count). The Morgan fingerprint density at radius 3 is 2.16 bits per heavy atom. The molecule has 1 aromatic rings. The SMILES string of the molecule is COC(C)(C)CCC(=O)c1ccc(S(C)(=O)=O)cc1. The summed E-state index contributed by atoms with van der Waals surface area (Å²) < 4.78 is 27.9. The van der Waals surface area contributed by atoms with Crippen LogP contribution in [0.5, 0.6) is 0 Å². The van der Waals surface area contributed by atoms with E-state index in [0.29, 0.717) is 18.4 Å². The Morgan fingerprint density at radius 2 is 1.74 bits per heavy atom. The molecule has 0 aromatic heterocycles. The number of ether oxygens (including phenoxy) is 1. The number of benzene rings is 1. The van der Waals surface area contributed by atoms with Crippen LogP contribution in [0.4, 0.5) is 0 Å². The second-order valence-corrected chi connectivity index (χ2v) is 7.20. The van der Waals surface area contributed by atoms with Crippen molar-refractivity contribution in [2.45, 2.75) is 37.2 Å². The summed E-state index contributed by atoms with van der Waals surface area (Å²) in [7, 11) is -1.60. The second kappa shape index (κ2) is 5.84. The standard InChI is InChI=1S/C14H20O4S/c1-14(2,18-3)10-9-13(15)11-5-7-12(8-6-11)19(4,16)17/h5-8H,9-10H2,1-4H3. The van der Waals surface area contributed by atoms with Crippen LogP contribution in [0.3, 0.4) is 0 Å². The van der Waals surface area contributed by atoms with E-state index in [4.69, 9.17) is 4.74 Å². The molecule has 4 nitrogen and oxygen atoms in total. The van der Waals surface area contributed by atoms with Crippen LogP contribution in [-0.4, -0.2) is 33.2 Å². The molecule has 0 N–H and O–H groups in total. The molecule has 106 valence electrons. The molecule has 0 unspecified atom stereocenters. The molecular weight excluding hydrogens is 264 g/mol. The van der Waals surface area contributed by atoms with E-state index in [1.54, 1.807) is 19.2 Å². The first-order valence-corrected chi connectivity index (χ1v) is 7.93. The molecule has 0 heterocycles. The van der Waals surface area contributed by atoms with Gasteiger partial charge in [0.25, 0.3) is 0 Å². The van der Waals surface area contributed by atoms with E-state index in [1.165, 1.54) is 12.1 Å². The van der Waals surface area contributed by atoms with E-state index in [0.717, 1.165) is 6.26 Å². The molecule has 0 atom stereocenters. The van der Waals surface area contributed by atoms with Gasteiger partial charge in [0.05, 0.1) is 10.5 Å². The van der Waals surface area contributed by atoms with Crippen molar-refractivity contribution in [1.29, 1.82) is 0 Å². The van der Waals surface area contributed by atoms with E-state index in [9.17, 15) is 13.2 Å². The van der Waals surface area contributed by atoms with Crippen molar-refractivity contribution in [2.75, 3.05) is 13.4 Å². The minimum absolute atomic E-state index is 0.00910. The molecule has 0 aliphatic rings. The van der Waals surface area contributed by atoms with E-state index in [2.05, 4.69) is 0 Å². The Labute approximate surface area is 114 Å². The lowest BCUT2D eigenvalue weighted by Gasteiger charge is -2.22. The summed E-state index contributed by atoms with van der Waals surface area (Å²) in [6, 6.07) is 6.03. The number of hydrogen-bond donors (Lipinski definition) is 0. The summed E-state index contributed by atoms with van der Waals surface area (Å²) >= 11 is 0. The largest absolute Gasteiger partial charge is 0.379 e. The molecule has 0 aliphatic heterocycles. The highest BCUT2D eigenvalue weighted by Gasteiger charge is 2.18. The number of methoxy groups -OCH3 is 1. The predicted molar refractivity (Wildman–Crippen MR) is 74.2 cm³/mol. The van der Waals surface area contributed by atoms with Crippen LogP contribution in [0.25, 0.3) is 0 Å². The molecule has 0 fully saturated rings. The van der Waals surface area contributed by atoms with Crippen LogP contribution in [0.15, 0.2) is 29.2 Å². The van der Waals surface area contributed by atoms with Gasteiger partial charge in [-0.2, -0.15) is 0 Å². The van der Waals surface area contributed by atoms with Gasteiger partial charge in [0, 0.05) is 25.3 Å². The summed E-state index contributed by atoms with van der Waals surface area (Å²) in [6.45, 7) is 3.85. The Balaban J connectivity index is 2.74. The lowest BCUT2D eigenvalue weighted by atomic mass is 9.98. The number of Topliss-reactive ketones (excluding diaryl/α,β-unsaturated/α-hetero) is 1. The fraction of sp³-hybridized carbons (Fsp3) is 0.500. The molecular formula is C14H20O4S. The number of rotatable bonds is 6. The third-order valence-electron chi connectivity index (χ3n) is 3.11. The van der Waals surface area contributed by atoms with E-state index >= 15 is 0 Å². The van der Waals surface area contributed by atoms with Gasteiger partial charge in [-0.3, -0.25) is 4.79 Å². The van der Waals surface area contributed by atoms with Crippen LogP contribution >= 0.6 is 0 Å². The van der Waals surface area contributed by atoms with Gasteiger partial charge in [0.2, 0.25) is 0 Å². The zero-order valence-electron chi connectivity index (χ0n) is 11.8. The molecule has 0 saturated heterocycles. The zero-order valence-corrected chi connectivity index (χ0v) is 12.6. The van der Waals surface area contributed by atoms with Crippen LogP contribution in [0.2, 0.25) is 0 Å². The van der Waals surface area contributed by atoms with Gasteiger partial charge in [0.15, 0.2) is 15.6 Å². The van der Waals surface area contributed by atoms with E-state index in [1.807, 2.05) is 13.8 Å². The Bertz CT molecular complexity index is 541. The highest BCUT2D eigenvalue weighted by Crippen LogP contribution is 2.18. The molecule has 1 aromatic carbocycles. The molecule has 0 aliphatic carbocycles. The topological polar surface area (TPSA) is 60.4 Å². The van der Waals surface area contributed by atoms with Crippen LogP contribution in [0, 0.1) is 0 Å². The summed E-state index contributed by atoms with van der Waals surface area (Å²) in [5, 5.41) is 0. The van der Waals surface area contributed by atoms with Crippen molar-refractivity contribution >= 4 is 15.6 Å². The molecule has 0 radical (unpaired) electrons. The lowest BCUT2D eigenvalue weighted by Crippen LogP contribution is -2.23. The average Bonchev–Trinajstić information content (AvgIpc) is 2.35. The Hall–Kier alpha value is -1.20. The van der Waals surface area contributed by atoms with Crippen LogP contribution in [0.1, 0.15) is 37.0 Å². The van der Waals surface area contributed by atoms with Gasteiger partial charge in [-0.1, -0.05) is 12.1 Å². The minimum atomic E-state index is -3.22. The van der Waals surface area contributed by atoms with E-state index < -0.39 is 9.84 Å². The van der Waals surface area contributed by atoms with Crippen LogP contribution in [-0.2, 0) is 14.6 Å². The third kappa shape index (κ3) is 4.76. The summed E-state index contributed by atoms with van der Waals surface area (Å²) in [5.41, 5.74) is 0.196. The highest BCUT2D eigenvalue weighted by molar-refractivity contribution is 7.90. The van der Waals surface area contributed by atoms with Crippen molar-refractivity contribution < 1.29 is 17.9 Å². The molecule has 0 spiro atoms. The summed E-state index contributed by atoms with van der Waals surface area (Å²) in [6.07, 6.45) is 2.14. The molecule has 19 heavy (non-hydrogen) atoms. The van der Waals surface area contributed by atoms with Gasteiger partial charge in [-0.15, -0.1) is 0 Å². The number of ketones is 1. The molecule has 0 amide bonds. The minimum Gasteiger partial charge on any atom is -0.379 e. The number of carbonyl (C=O) groups excluding carboxylic acids is 1. The Kier molecular flexibility index (Phi) is 4.87. The molecule has 0 bridgehead atoms. The van der Waals surface area contributed by atoms with Gasteiger partial charge in [-0.05, 0) is 32.4 Å². The van der Waals surface area contributed by atoms with Crippen molar-refractivity contribution in [3.05, 3.63) is 29.8 Å². The lowest BCUT2D eigenvalue weighted by molar-refractivity contribution is 0.0141. The van der Waals surface area contributed by atoms with Gasteiger partial charge in [-0.25, -0.2) is 8.42 Å². The average molecular weight is 284 g/mol. The fourth-order valence-corrected chi connectivity index (χ4v) is 2.18. The first-order chi connectivity index (χ1) is 8.65. The molecule has 5 heteroatoms. The van der Waals surface area contributed by atoms with Gasteiger partial charge in [0.1, 0.15) is 0 Å². The predicted octanol–water partition coefficient (Wildman–Crippen LogP) is 2.48. The van der Waals surface area contributed by atoms with E-state index in [-0.39, 0.29) is 16.3 Å². The number of carbonyl (C=O) groups is 1.